The van der Waals surface area contributed by atoms with E-state index in [1.807, 2.05) is 44.7 Å². The van der Waals surface area contributed by atoms with Crippen molar-refractivity contribution in [3.63, 3.8) is 0 Å². The maximum absolute atomic E-state index is 12.6. The van der Waals surface area contributed by atoms with Gasteiger partial charge in [-0.1, -0.05) is 26.0 Å². The Labute approximate surface area is 170 Å². The summed E-state index contributed by atoms with van der Waals surface area (Å²) < 4.78 is 7.21. The van der Waals surface area contributed by atoms with E-state index in [-0.39, 0.29) is 17.7 Å². The lowest BCUT2D eigenvalue weighted by molar-refractivity contribution is -0.155. The molecule has 1 N–H and O–H groups in total. The minimum Gasteiger partial charge on any atom is -0.481 e. The van der Waals surface area contributed by atoms with E-state index in [9.17, 15) is 14.7 Å². The summed E-state index contributed by atoms with van der Waals surface area (Å²) in [6, 6.07) is 3.78. The van der Waals surface area contributed by atoms with Crippen LogP contribution in [-0.4, -0.2) is 50.0 Å². The van der Waals surface area contributed by atoms with Gasteiger partial charge in [-0.05, 0) is 37.8 Å². The van der Waals surface area contributed by atoms with Crippen molar-refractivity contribution in [2.24, 2.45) is 17.3 Å². The van der Waals surface area contributed by atoms with Gasteiger partial charge in [-0.25, -0.2) is 4.68 Å². The second-order valence-corrected chi connectivity index (χ2v) is 8.54. The zero-order valence-corrected chi connectivity index (χ0v) is 17.6. The summed E-state index contributed by atoms with van der Waals surface area (Å²) in [5.41, 5.74) is -0.272. The van der Waals surface area contributed by atoms with Gasteiger partial charge >= 0.3 is 5.97 Å². The molecule has 2 aromatic rings. The van der Waals surface area contributed by atoms with E-state index in [4.69, 9.17) is 4.42 Å². The largest absolute Gasteiger partial charge is 0.481 e. The maximum atomic E-state index is 12.6. The fraction of sp³-hybridized carbons (Fsp3) is 0.619. The summed E-state index contributed by atoms with van der Waals surface area (Å²) >= 11 is 0. The van der Waals surface area contributed by atoms with Crippen LogP contribution in [0.1, 0.15) is 50.8 Å². The smallest absolute Gasteiger partial charge is 0.310 e. The molecule has 8 nitrogen and oxygen atoms in total. The minimum absolute atomic E-state index is 0.0579. The Morgan fingerprint density at radius 2 is 1.93 bits per heavy atom. The fourth-order valence-electron chi connectivity index (χ4n) is 3.77. The number of carboxylic acid groups (broad SMARTS) is 1. The molecule has 2 aromatic heterocycles. The van der Waals surface area contributed by atoms with Gasteiger partial charge in [-0.3, -0.25) is 9.59 Å². The van der Waals surface area contributed by atoms with Crippen molar-refractivity contribution in [3.8, 4) is 0 Å². The summed E-state index contributed by atoms with van der Waals surface area (Å²) in [4.78, 5) is 26.5. The van der Waals surface area contributed by atoms with E-state index in [0.29, 0.717) is 44.6 Å². The number of amides is 1. The average Bonchev–Trinajstić information content (AvgIpc) is 3.29. The molecule has 29 heavy (non-hydrogen) atoms. The Morgan fingerprint density at radius 1 is 1.24 bits per heavy atom. The van der Waals surface area contributed by atoms with Crippen molar-refractivity contribution < 1.29 is 19.1 Å². The van der Waals surface area contributed by atoms with E-state index < -0.39 is 11.4 Å². The molecular weight excluding hydrogens is 372 g/mol. The number of furan rings is 1. The van der Waals surface area contributed by atoms with Gasteiger partial charge in [-0.15, -0.1) is 5.10 Å². The number of likely N-dealkylation sites (tertiary alicyclic amines) is 1. The van der Waals surface area contributed by atoms with Crippen LogP contribution in [0.2, 0.25) is 0 Å². The lowest BCUT2D eigenvalue weighted by atomic mass is 9.74. The molecule has 0 bridgehead atoms. The molecule has 0 spiro atoms. The number of rotatable bonds is 7. The first-order valence-corrected chi connectivity index (χ1v) is 10.2. The second kappa shape index (κ2) is 8.39. The van der Waals surface area contributed by atoms with Gasteiger partial charge in [0.2, 0.25) is 5.91 Å². The van der Waals surface area contributed by atoms with Crippen LogP contribution >= 0.6 is 0 Å². The maximum Gasteiger partial charge on any atom is 0.310 e. The number of nitrogens with zero attached hydrogens (tertiary/aromatic N) is 4. The number of hydrogen-bond acceptors (Lipinski definition) is 5. The molecule has 1 fully saturated rings. The van der Waals surface area contributed by atoms with Crippen LogP contribution in [0.4, 0.5) is 0 Å². The van der Waals surface area contributed by atoms with E-state index >= 15 is 0 Å². The molecule has 1 amide bonds. The predicted octanol–water partition coefficient (Wildman–Crippen LogP) is 2.76. The van der Waals surface area contributed by atoms with Crippen LogP contribution < -0.4 is 0 Å². The van der Waals surface area contributed by atoms with Crippen molar-refractivity contribution in [1.29, 1.82) is 0 Å². The van der Waals surface area contributed by atoms with Crippen LogP contribution in [0.3, 0.4) is 0 Å². The van der Waals surface area contributed by atoms with Gasteiger partial charge in [0.15, 0.2) is 0 Å². The van der Waals surface area contributed by atoms with Crippen molar-refractivity contribution in [2.75, 3.05) is 13.1 Å². The predicted molar refractivity (Wildman–Crippen MR) is 106 cm³/mol. The molecule has 158 valence electrons. The van der Waals surface area contributed by atoms with Gasteiger partial charge in [-0.2, -0.15) is 0 Å². The number of carbonyl (C=O) groups excluding carboxylic acids is 1. The minimum atomic E-state index is -0.917. The number of aromatic nitrogens is 3. The molecule has 1 aliphatic rings. The van der Waals surface area contributed by atoms with E-state index in [2.05, 4.69) is 10.3 Å². The van der Waals surface area contributed by atoms with Crippen molar-refractivity contribution in [3.05, 3.63) is 35.5 Å². The lowest BCUT2D eigenvalue weighted by Gasteiger charge is -2.39. The van der Waals surface area contributed by atoms with E-state index in [1.54, 1.807) is 10.9 Å². The molecule has 0 aromatic carbocycles. The summed E-state index contributed by atoms with van der Waals surface area (Å²) in [7, 11) is 0. The summed E-state index contributed by atoms with van der Waals surface area (Å²) in [5, 5.41) is 18.2. The number of aliphatic carboxylic acids is 1. The SMILES string of the molecule is Cc1ccc(Cn2cc(CC3(C(=O)O)CCN(C(=O)C(C)C(C)C)CC3)nn2)o1. The first-order chi connectivity index (χ1) is 13.7. The normalized spacial score (nSPS) is 17.5. The highest BCUT2D eigenvalue weighted by atomic mass is 16.4. The zero-order chi connectivity index (χ0) is 21.2. The standard InChI is InChI=1S/C21H30N4O4/c1-14(2)16(4)19(26)24-9-7-21(8-10-24,20(27)28)11-17-12-25(23-22-17)13-18-6-5-15(3)29-18/h5-6,12,14,16H,7-11,13H2,1-4H3,(H,27,28). The topological polar surface area (TPSA) is 101 Å². The van der Waals surface area contributed by atoms with Crippen LogP contribution in [-0.2, 0) is 22.6 Å². The van der Waals surface area contributed by atoms with Crippen molar-refractivity contribution >= 4 is 11.9 Å². The van der Waals surface area contributed by atoms with Gasteiger partial charge in [0.1, 0.15) is 18.1 Å². The molecule has 0 radical (unpaired) electrons. The Bertz CT molecular complexity index is 862. The highest BCUT2D eigenvalue weighted by Gasteiger charge is 2.43. The monoisotopic (exact) mass is 402 g/mol. The molecule has 1 saturated heterocycles. The molecule has 1 atom stereocenters. The van der Waals surface area contributed by atoms with Crippen molar-refractivity contribution in [1.82, 2.24) is 19.9 Å². The number of carbonyl (C=O) groups is 2. The lowest BCUT2D eigenvalue weighted by Crippen LogP contribution is -2.49. The Morgan fingerprint density at radius 3 is 2.48 bits per heavy atom. The number of aryl methyl sites for hydroxylation is 1. The summed E-state index contributed by atoms with van der Waals surface area (Å²) in [6.45, 7) is 9.25. The highest BCUT2D eigenvalue weighted by Crippen LogP contribution is 2.36. The van der Waals surface area contributed by atoms with Gasteiger partial charge in [0, 0.05) is 31.6 Å². The molecule has 3 rings (SSSR count). The van der Waals surface area contributed by atoms with Gasteiger partial charge in [0.05, 0.1) is 11.1 Å². The van der Waals surface area contributed by atoms with Crippen LogP contribution in [0.15, 0.2) is 22.7 Å². The third-order valence-electron chi connectivity index (χ3n) is 6.09. The quantitative estimate of drug-likeness (QED) is 0.764. The molecule has 1 unspecified atom stereocenters. The summed E-state index contributed by atoms with van der Waals surface area (Å²) in [6.07, 6.45) is 2.93. The zero-order valence-electron chi connectivity index (χ0n) is 17.6. The Hall–Kier alpha value is -2.64. The Kier molecular flexibility index (Phi) is 6.10. The first-order valence-electron chi connectivity index (χ1n) is 10.2. The molecule has 8 heteroatoms. The van der Waals surface area contributed by atoms with E-state index in [1.165, 1.54) is 0 Å². The average molecular weight is 402 g/mol. The second-order valence-electron chi connectivity index (χ2n) is 8.54. The van der Waals surface area contributed by atoms with E-state index in [0.717, 1.165) is 11.5 Å². The third-order valence-corrected chi connectivity index (χ3v) is 6.09. The number of hydrogen-bond donors (Lipinski definition) is 1. The Balaban J connectivity index is 1.65. The fourth-order valence-corrected chi connectivity index (χ4v) is 3.77. The molecule has 1 aliphatic heterocycles. The van der Waals surface area contributed by atoms with Gasteiger partial charge in [0.25, 0.3) is 0 Å². The molecule has 3 heterocycles. The highest BCUT2D eigenvalue weighted by molar-refractivity contribution is 5.80. The number of carboxylic acids is 1. The van der Waals surface area contributed by atoms with Gasteiger partial charge < -0.3 is 14.4 Å². The third kappa shape index (κ3) is 4.68. The molecule has 0 aliphatic carbocycles. The van der Waals surface area contributed by atoms with Crippen LogP contribution in [0, 0.1) is 24.2 Å². The van der Waals surface area contributed by atoms with Crippen LogP contribution in [0.5, 0.6) is 0 Å². The summed E-state index contributed by atoms with van der Waals surface area (Å²) in [5.74, 6) is 1.09. The first kappa shape index (κ1) is 21.1. The van der Waals surface area contributed by atoms with Crippen molar-refractivity contribution in [2.45, 2.75) is 53.5 Å². The molecular formula is C21H30N4O4. The van der Waals surface area contributed by atoms with Crippen LogP contribution in [0.25, 0.3) is 0 Å². The number of piperidine rings is 1. The molecule has 0 saturated carbocycles.